The van der Waals surface area contributed by atoms with Gasteiger partial charge in [0.05, 0.1) is 19.2 Å². The molecule has 0 N–H and O–H groups in total. The molecule has 1 atom stereocenters. The molecule has 122 valence electrons. The molecule has 1 unspecified atom stereocenters. The van der Waals surface area contributed by atoms with Crippen molar-refractivity contribution >= 4 is 0 Å². The van der Waals surface area contributed by atoms with Gasteiger partial charge in [0.1, 0.15) is 5.75 Å². The van der Waals surface area contributed by atoms with Crippen molar-refractivity contribution in [3.63, 3.8) is 0 Å². The molecule has 0 radical (unpaired) electrons. The first-order valence-corrected chi connectivity index (χ1v) is 7.94. The molecule has 6 nitrogen and oxygen atoms in total. The Balaban J connectivity index is 1.47. The molecule has 1 aliphatic heterocycles. The summed E-state index contributed by atoms with van der Waals surface area (Å²) in [6.45, 7) is 1.67. The molecule has 2 aromatic heterocycles. The fraction of sp³-hybridized carbons (Fsp3) is 0.278. The molecule has 0 saturated carbocycles. The van der Waals surface area contributed by atoms with E-state index < -0.39 is 0 Å². The van der Waals surface area contributed by atoms with E-state index in [1.165, 1.54) is 5.56 Å². The van der Waals surface area contributed by atoms with Crippen LogP contribution in [-0.4, -0.2) is 33.7 Å². The van der Waals surface area contributed by atoms with E-state index in [4.69, 9.17) is 9.15 Å². The largest absolute Gasteiger partial charge is 0.497 e. The number of benzene rings is 1. The molecule has 3 heterocycles. The van der Waals surface area contributed by atoms with Gasteiger partial charge in [0.2, 0.25) is 11.8 Å². The smallest absolute Gasteiger partial charge is 0.249 e. The van der Waals surface area contributed by atoms with E-state index in [1.54, 1.807) is 19.5 Å². The van der Waals surface area contributed by atoms with Crippen LogP contribution in [0.3, 0.4) is 0 Å². The van der Waals surface area contributed by atoms with E-state index in [2.05, 4.69) is 32.2 Å². The quantitative estimate of drug-likeness (QED) is 0.719. The van der Waals surface area contributed by atoms with E-state index in [0.29, 0.717) is 24.4 Å². The van der Waals surface area contributed by atoms with Gasteiger partial charge in [-0.05, 0) is 36.2 Å². The summed E-state index contributed by atoms with van der Waals surface area (Å²) in [6, 6.07) is 12.3. The number of pyridine rings is 1. The fourth-order valence-corrected chi connectivity index (χ4v) is 2.95. The molecule has 0 bridgehead atoms. The second-order valence-corrected chi connectivity index (χ2v) is 5.79. The summed E-state index contributed by atoms with van der Waals surface area (Å²) in [5, 5.41) is 8.29. The lowest BCUT2D eigenvalue weighted by atomic mass is 9.94. The van der Waals surface area contributed by atoms with Crippen molar-refractivity contribution in [2.75, 3.05) is 13.7 Å². The van der Waals surface area contributed by atoms with Crippen LogP contribution in [0, 0.1) is 0 Å². The standard InChI is InChI=1S/C18H18N4O2/c1-23-15-6-2-4-13(10-15)16-7-9-22(16)12-17-20-21-18(24-17)14-5-3-8-19-11-14/h2-6,8,10-11,16H,7,9,12H2,1H3. The van der Waals surface area contributed by atoms with Gasteiger partial charge in [0.25, 0.3) is 0 Å². The highest BCUT2D eigenvalue weighted by molar-refractivity contribution is 5.49. The van der Waals surface area contributed by atoms with Crippen molar-refractivity contribution in [1.82, 2.24) is 20.1 Å². The first-order valence-electron chi connectivity index (χ1n) is 7.94. The van der Waals surface area contributed by atoms with Crippen LogP contribution in [0.2, 0.25) is 0 Å². The van der Waals surface area contributed by atoms with E-state index in [-0.39, 0.29) is 0 Å². The molecule has 1 aromatic carbocycles. The van der Waals surface area contributed by atoms with Crippen molar-refractivity contribution in [2.45, 2.75) is 19.0 Å². The van der Waals surface area contributed by atoms with Crippen LogP contribution in [0.25, 0.3) is 11.5 Å². The molecule has 4 rings (SSSR count). The fourth-order valence-electron chi connectivity index (χ4n) is 2.95. The molecular weight excluding hydrogens is 304 g/mol. The molecule has 0 aliphatic carbocycles. The topological polar surface area (TPSA) is 64.3 Å². The summed E-state index contributed by atoms with van der Waals surface area (Å²) in [6.07, 6.45) is 4.57. The summed E-state index contributed by atoms with van der Waals surface area (Å²) < 4.78 is 11.1. The van der Waals surface area contributed by atoms with Crippen molar-refractivity contribution in [3.05, 3.63) is 60.2 Å². The van der Waals surface area contributed by atoms with Crippen LogP contribution < -0.4 is 4.74 Å². The lowest BCUT2D eigenvalue weighted by molar-refractivity contribution is 0.0717. The predicted octanol–water partition coefficient (Wildman–Crippen LogP) is 3.09. The highest BCUT2D eigenvalue weighted by Crippen LogP contribution is 2.35. The number of hydrogen-bond acceptors (Lipinski definition) is 6. The summed E-state index contributed by atoms with van der Waals surface area (Å²) >= 11 is 0. The molecule has 0 spiro atoms. The third kappa shape index (κ3) is 2.88. The molecule has 6 heteroatoms. The van der Waals surface area contributed by atoms with Crippen molar-refractivity contribution in [3.8, 4) is 17.2 Å². The molecule has 3 aromatic rings. The monoisotopic (exact) mass is 322 g/mol. The molecule has 1 fully saturated rings. The molecule has 1 aliphatic rings. The second-order valence-electron chi connectivity index (χ2n) is 5.79. The minimum absolute atomic E-state index is 0.369. The normalized spacial score (nSPS) is 17.5. The highest BCUT2D eigenvalue weighted by atomic mass is 16.5. The number of aromatic nitrogens is 3. The van der Waals surface area contributed by atoms with Crippen LogP contribution >= 0.6 is 0 Å². The zero-order valence-corrected chi connectivity index (χ0v) is 13.4. The van der Waals surface area contributed by atoms with Gasteiger partial charge in [-0.25, -0.2) is 0 Å². The Morgan fingerprint density at radius 1 is 1.25 bits per heavy atom. The predicted molar refractivity (Wildman–Crippen MR) is 88.3 cm³/mol. The van der Waals surface area contributed by atoms with Gasteiger partial charge in [-0.2, -0.15) is 0 Å². The Bertz CT molecular complexity index is 819. The molecule has 0 amide bonds. The SMILES string of the molecule is COc1cccc(C2CCN2Cc2nnc(-c3cccnc3)o2)c1. The Morgan fingerprint density at radius 2 is 2.21 bits per heavy atom. The second kappa shape index (κ2) is 6.41. The zero-order chi connectivity index (χ0) is 16.4. The van der Waals surface area contributed by atoms with Gasteiger partial charge >= 0.3 is 0 Å². The Kier molecular flexibility index (Phi) is 3.96. The average Bonchev–Trinajstić information content (AvgIpc) is 3.08. The number of hydrogen-bond donors (Lipinski definition) is 0. The van der Waals surface area contributed by atoms with Gasteiger partial charge in [-0.1, -0.05) is 12.1 Å². The van der Waals surface area contributed by atoms with Gasteiger partial charge in [0, 0.05) is 25.0 Å². The van der Waals surface area contributed by atoms with Crippen molar-refractivity contribution < 1.29 is 9.15 Å². The number of rotatable bonds is 5. The first kappa shape index (κ1) is 14.8. The summed E-state index contributed by atoms with van der Waals surface area (Å²) in [5.41, 5.74) is 2.09. The third-order valence-corrected chi connectivity index (χ3v) is 4.32. The van der Waals surface area contributed by atoms with Gasteiger partial charge < -0.3 is 9.15 Å². The van der Waals surface area contributed by atoms with Crippen LogP contribution in [0.1, 0.15) is 23.9 Å². The summed E-state index contributed by atoms with van der Waals surface area (Å²) in [5.74, 6) is 2.02. The molecular formula is C18H18N4O2. The highest BCUT2D eigenvalue weighted by Gasteiger charge is 2.30. The van der Waals surface area contributed by atoms with Gasteiger partial charge in [0.15, 0.2) is 0 Å². The van der Waals surface area contributed by atoms with Crippen molar-refractivity contribution in [1.29, 1.82) is 0 Å². The average molecular weight is 322 g/mol. The van der Waals surface area contributed by atoms with Crippen LogP contribution in [-0.2, 0) is 6.54 Å². The molecule has 1 saturated heterocycles. The number of ether oxygens (including phenoxy) is 1. The molecule has 24 heavy (non-hydrogen) atoms. The van der Waals surface area contributed by atoms with E-state index in [0.717, 1.165) is 24.3 Å². The first-order chi connectivity index (χ1) is 11.8. The number of nitrogens with zero attached hydrogens (tertiary/aromatic N) is 4. The Morgan fingerprint density at radius 3 is 2.96 bits per heavy atom. The zero-order valence-electron chi connectivity index (χ0n) is 13.4. The summed E-state index contributed by atoms with van der Waals surface area (Å²) in [7, 11) is 1.69. The van der Waals surface area contributed by atoms with E-state index in [9.17, 15) is 0 Å². The number of methoxy groups -OCH3 is 1. The van der Waals surface area contributed by atoms with Gasteiger partial charge in [-0.15, -0.1) is 10.2 Å². The van der Waals surface area contributed by atoms with Crippen molar-refractivity contribution in [2.24, 2.45) is 0 Å². The maximum atomic E-state index is 5.78. The van der Waals surface area contributed by atoms with E-state index in [1.807, 2.05) is 24.3 Å². The lowest BCUT2D eigenvalue weighted by Gasteiger charge is -2.40. The maximum Gasteiger partial charge on any atom is 0.249 e. The van der Waals surface area contributed by atoms with Crippen LogP contribution in [0.4, 0.5) is 0 Å². The third-order valence-electron chi connectivity index (χ3n) is 4.32. The Labute approximate surface area is 140 Å². The lowest BCUT2D eigenvalue weighted by Crippen LogP contribution is -2.40. The Hall–Kier alpha value is -2.73. The number of likely N-dealkylation sites (tertiary alicyclic amines) is 1. The minimum Gasteiger partial charge on any atom is -0.497 e. The van der Waals surface area contributed by atoms with Crippen LogP contribution in [0.15, 0.2) is 53.2 Å². The minimum atomic E-state index is 0.369. The van der Waals surface area contributed by atoms with Gasteiger partial charge in [-0.3, -0.25) is 9.88 Å². The van der Waals surface area contributed by atoms with E-state index >= 15 is 0 Å². The maximum absolute atomic E-state index is 5.78. The summed E-state index contributed by atoms with van der Waals surface area (Å²) in [4.78, 5) is 6.41. The van der Waals surface area contributed by atoms with Crippen LogP contribution in [0.5, 0.6) is 5.75 Å².